The summed E-state index contributed by atoms with van der Waals surface area (Å²) in [4.78, 5) is 18.5. The van der Waals surface area contributed by atoms with E-state index >= 15 is 0 Å². The first-order chi connectivity index (χ1) is 18.2. The summed E-state index contributed by atoms with van der Waals surface area (Å²) in [6.07, 6.45) is -0.619. The van der Waals surface area contributed by atoms with Crippen molar-refractivity contribution >= 4 is 16.9 Å². The molecule has 6 nitrogen and oxygen atoms in total. The fourth-order valence-corrected chi connectivity index (χ4v) is 5.40. The van der Waals surface area contributed by atoms with Gasteiger partial charge in [-0.3, -0.25) is 9.78 Å². The van der Waals surface area contributed by atoms with Gasteiger partial charge in [-0.05, 0) is 92.6 Å². The van der Waals surface area contributed by atoms with E-state index in [4.69, 9.17) is 4.74 Å². The first kappa shape index (κ1) is 27.9. The van der Waals surface area contributed by atoms with Crippen molar-refractivity contribution in [3.05, 3.63) is 71.4 Å². The normalized spacial score (nSPS) is 19.4. The molecular weight excluding hydrogens is 497 g/mol. The summed E-state index contributed by atoms with van der Waals surface area (Å²) in [6.45, 7) is 1.75. The third-order valence-electron chi connectivity index (χ3n) is 7.50. The van der Waals surface area contributed by atoms with E-state index in [1.165, 1.54) is 12.1 Å². The van der Waals surface area contributed by atoms with E-state index in [0.717, 1.165) is 29.1 Å². The maximum Gasteiger partial charge on any atom is 0.416 e. The number of rotatable bonds is 10. The topological polar surface area (TPSA) is 82.9 Å². The fraction of sp³-hybridized carbons (Fsp3) is 0.448. The number of likely N-dealkylation sites (tertiary alicyclic amines) is 1. The highest BCUT2D eigenvalue weighted by Crippen LogP contribution is 2.34. The number of carbonyl (C=O) groups is 1. The highest BCUT2D eigenvalue weighted by Gasteiger charge is 2.34. The van der Waals surface area contributed by atoms with E-state index in [1.807, 2.05) is 18.2 Å². The summed E-state index contributed by atoms with van der Waals surface area (Å²) in [6, 6.07) is 12.6. The number of halogens is 3. The number of aliphatic hydroxyl groups is 1. The molecule has 3 atom stereocenters. The van der Waals surface area contributed by atoms with Crippen LogP contribution in [-0.2, 0) is 17.4 Å². The Bertz CT molecular complexity index is 1250. The zero-order chi connectivity index (χ0) is 27.3. The second-order valence-corrected chi connectivity index (χ2v) is 9.97. The molecule has 38 heavy (non-hydrogen) atoms. The number of aliphatic carboxylic acids is 1. The number of aliphatic hydroxyl groups excluding tert-OH is 1. The number of ether oxygens (including phenoxy) is 1. The maximum absolute atomic E-state index is 13.0. The molecule has 0 radical (unpaired) electrons. The highest BCUT2D eigenvalue weighted by atomic mass is 19.4. The number of hydrogen-bond donors (Lipinski definition) is 2. The molecule has 3 aromatic rings. The SMILES string of the molecule is COc1ccc2nccc([C@H](O)CC[C@@H]3CCN(CCCc4cccc(C(F)(F)F)c4)C[C@@H]3C(=O)O)c2c1. The van der Waals surface area contributed by atoms with Gasteiger partial charge in [0.2, 0.25) is 0 Å². The number of carboxylic acids is 1. The quantitative estimate of drug-likeness (QED) is 0.348. The van der Waals surface area contributed by atoms with Gasteiger partial charge in [0.05, 0.1) is 30.2 Å². The Labute approximate surface area is 220 Å². The van der Waals surface area contributed by atoms with Crippen LogP contribution in [-0.4, -0.2) is 52.8 Å². The second kappa shape index (κ2) is 12.1. The number of nitrogens with zero attached hydrogens (tertiary/aromatic N) is 2. The lowest BCUT2D eigenvalue weighted by Gasteiger charge is -2.37. The number of methoxy groups -OCH3 is 1. The van der Waals surface area contributed by atoms with Crippen molar-refractivity contribution in [2.24, 2.45) is 11.8 Å². The van der Waals surface area contributed by atoms with Crippen molar-refractivity contribution in [2.45, 2.75) is 44.4 Å². The smallest absolute Gasteiger partial charge is 0.416 e. The Hall–Kier alpha value is -3.17. The van der Waals surface area contributed by atoms with Gasteiger partial charge < -0.3 is 19.8 Å². The van der Waals surface area contributed by atoms with E-state index in [9.17, 15) is 28.2 Å². The predicted molar refractivity (Wildman–Crippen MR) is 138 cm³/mol. The van der Waals surface area contributed by atoms with Gasteiger partial charge in [0.1, 0.15) is 5.75 Å². The highest BCUT2D eigenvalue weighted by molar-refractivity contribution is 5.83. The number of aromatic nitrogens is 1. The van der Waals surface area contributed by atoms with Crippen LogP contribution in [0.15, 0.2) is 54.7 Å². The van der Waals surface area contributed by atoms with Crippen molar-refractivity contribution in [3.63, 3.8) is 0 Å². The van der Waals surface area contributed by atoms with Crippen LogP contribution in [0.5, 0.6) is 5.75 Å². The largest absolute Gasteiger partial charge is 0.497 e. The van der Waals surface area contributed by atoms with Gasteiger partial charge >= 0.3 is 12.1 Å². The van der Waals surface area contributed by atoms with Crippen LogP contribution in [0.25, 0.3) is 10.9 Å². The van der Waals surface area contributed by atoms with Gasteiger partial charge in [-0.15, -0.1) is 0 Å². The molecule has 1 aliphatic heterocycles. The molecule has 2 aromatic carbocycles. The number of alkyl halides is 3. The predicted octanol–water partition coefficient (Wildman–Crippen LogP) is 5.73. The fourth-order valence-electron chi connectivity index (χ4n) is 5.40. The minimum atomic E-state index is -4.36. The molecule has 0 unspecified atom stereocenters. The van der Waals surface area contributed by atoms with Crippen molar-refractivity contribution in [2.75, 3.05) is 26.7 Å². The summed E-state index contributed by atoms with van der Waals surface area (Å²) < 4.78 is 44.2. The molecule has 1 fully saturated rings. The maximum atomic E-state index is 13.0. The summed E-state index contributed by atoms with van der Waals surface area (Å²) in [7, 11) is 1.58. The standard InChI is InChI=1S/C29H33F3N2O4/c1-38-22-8-9-26-24(17-22)23(11-13-33-26)27(35)10-7-20-12-15-34(18-25(20)28(36)37)14-3-5-19-4-2-6-21(16-19)29(30,31)32/h2,4,6,8-9,11,13,16-17,20,25,27,35H,3,5,7,10,12,14-15,18H2,1H3,(H,36,37)/t20-,25+,27-/m1/s1. The average Bonchev–Trinajstić information content (AvgIpc) is 2.91. The molecule has 0 aliphatic carbocycles. The van der Waals surface area contributed by atoms with Crippen molar-refractivity contribution in [1.29, 1.82) is 0 Å². The second-order valence-electron chi connectivity index (χ2n) is 9.97. The monoisotopic (exact) mass is 530 g/mol. The number of piperidine rings is 1. The van der Waals surface area contributed by atoms with Crippen LogP contribution in [0.4, 0.5) is 13.2 Å². The van der Waals surface area contributed by atoms with Crippen molar-refractivity contribution in [1.82, 2.24) is 9.88 Å². The van der Waals surface area contributed by atoms with E-state index in [0.29, 0.717) is 56.5 Å². The molecule has 4 rings (SSSR count). The number of benzene rings is 2. The molecular formula is C29H33F3N2O4. The number of fused-ring (bicyclic) bond motifs is 1. The Balaban J connectivity index is 1.32. The summed E-state index contributed by atoms with van der Waals surface area (Å²) >= 11 is 0. The van der Waals surface area contributed by atoms with Gasteiger partial charge in [-0.25, -0.2) is 0 Å². The Kier molecular flexibility index (Phi) is 8.89. The summed E-state index contributed by atoms with van der Waals surface area (Å²) in [5.74, 6) is -0.806. The van der Waals surface area contributed by atoms with Crippen molar-refractivity contribution < 1.29 is 32.9 Å². The van der Waals surface area contributed by atoms with E-state index < -0.39 is 29.7 Å². The number of pyridine rings is 1. The molecule has 0 saturated carbocycles. The van der Waals surface area contributed by atoms with Crippen LogP contribution in [0.3, 0.4) is 0 Å². The van der Waals surface area contributed by atoms with Gasteiger partial charge in [-0.2, -0.15) is 13.2 Å². The van der Waals surface area contributed by atoms with E-state index in [1.54, 1.807) is 25.4 Å². The summed E-state index contributed by atoms with van der Waals surface area (Å²) in [5, 5.41) is 21.7. The molecule has 1 saturated heterocycles. The van der Waals surface area contributed by atoms with E-state index in [-0.39, 0.29) is 5.92 Å². The van der Waals surface area contributed by atoms with Gasteiger partial charge in [0.25, 0.3) is 0 Å². The van der Waals surface area contributed by atoms with Gasteiger partial charge in [0.15, 0.2) is 0 Å². The van der Waals surface area contributed by atoms with Crippen LogP contribution in [0, 0.1) is 11.8 Å². The molecule has 1 aliphatic rings. The molecule has 1 aromatic heterocycles. The molecule has 0 bridgehead atoms. The lowest BCUT2D eigenvalue weighted by Crippen LogP contribution is -2.44. The minimum absolute atomic E-state index is 0.0653. The van der Waals surface area contributed by atoms with Crippen LogP contribution in [0.1, 0.15) is 48.5 Å². The Morgan fingerprint density at radius 3 is 2.76 bits per heavy atom. The minimum Gasteiger partial charge on any atom is -0.497 e. The average molecular weight is 531 g/mol. The molecule has 2 N–H and O–H groups in total. The Morgan fingerprint density at radius 2 is 2.03 bits per heavy atom. The zero-order valence-corrected chi connectivity index (χ0v) is 21.3. The van der Waals surface area contributed by atoms with Gasteiger partial charge in [0, 0.05) is 18.1 Å². The molecule has 2 heterocycles. The lowest BCUT2D eigenvalue weighted by molar-refractivity contribution is -0.146. The Morgan fingerprint density at radius 1 is 1.21 bits per heavy atom. The first-order valence-corrected chi connectivity index (χ1v) is 12.9. The molecule has 0 spiro atoms. The van der Waals surface area contributed by atoms with Gasteiger partial charge in [-0.1, -0.05) is 18.2 Å². The molecule has 9 heteroatoms. The van der Waals surface area contributed by atoms with Crippen LogP contribution < -0.4 is 4.74 Å². The molecule has 0 amide bonds. The number of carboxylic acid groups (broad SMARTS) is 1. The third kappa shape index (κ3) is 6.82. The zero-order valence-electron chi connectivity index (χ0n) is 21.3. The number of aryl methyl sites for hydroxylation is 1. The van der Waals surface area contributed by atoms with Crippen LogP contribution in [0.2, 0.25) is 0 Å². The van der Waals surface area contributed by atoms with Crippen molar-refractivity contribution in [3.8, 4) is 5.75 Å². The lowest BCUT2D eigenvalue weighted by atomic mass is 9.81. The number of hydrogen-bond acceptors (Lipinski definition) is 5. The summed E-state index contributed by atoms with van der Waals surface area (Å²) in [5.41, 5.74) is 1.47. The first-order valence-electron chi connectivity index (χ1n) is 12.9. The molecule has 204 valence electrons. The van der Waals surface area contributed by atoms with E-state index in [2.05, 4.69) is 9.88 Å². The third-order valence-corrected chi connectivity index (χ3v) is 7.50. The van der Waals surface area contributed by atoms with Crippen LogP contribution >= 0.6 is 0 Å².